The van der Waals surface area contributed by atoms with E-state index in [1.165, 1.54) is 122 Å². The van der Waals surface area contributed by atoms with Crippen molar-refractivity contribution in [1.82, 2.24) is 5.32 Å². The lowest BCUT2D eigenvalue weighted by Gasteiger charge is -2.22. The first-order valence-electron chi connectivity index (χ1n) is 24.9. The van der Waals surface area contributed by atoms with E-state index in [1.54, 1.807) is 0 Å². The third-order valence-electron chi connectivity index (χ3n) is 10.9. The van der Waals surface area contributed by atoms with Gasteiger partial charge in [-0.3, -0.25) is 4.79 Å². The van der Waals surface area contributed by atoms with E-state index in [0.29, 0.717) is 12.8 Å². The standard InChI is InChI=1S/C55H95NO3/c1-3-5-7-9-11-13-15-17-19-20-21-22-23-24-25-26-27-28-29-30-31-32-33-34-35-36-37-39-41-43-45-47-49-51-55(59)56-53(52-57)54(58)50-48-46-44-42-40-38-18-16-14-12-10-8-6-4-2/h5,7,11,13,17,19,21-22,24-25,27-28,30-31,33-34,53-54,57-58H,3-4,6,8-10,12,14-16,18,20,23,26,29,32,35-52H2,1-2H3,(H,56,59)/b7-5-,13-11-,19-17-,22-21-,25-24-,28-27-,31-30-,34-33-. The largest absolute Gasteiger partial charge is 0.394 e. The summed E-state index contributed by atoms with van der Waals surface area (Å²) >= 11 is 0. The second kappa shape index (κ2) is 49.7. The number of aliphatic hydroxyl groups is 2. The second-order valence-electron chi connectivity index (χ2n) is 16.5. The van der Waals surface area contributed by atoms with Crippen LogP contribution >= 0.6 is 0 Å². The molecule has 0 fully saturated rings. The summed E-state index contributed by atoms with van der Waals surface area (Å²) < 4.78 is 0. The molecule has 0 aromatic rings. The number of carbonyl (C=O) groups is 1. The minimum Gasteiger partial charge on any atom is -0.394 e. The Bertz CT molecular complexity index is 1110. The molecule has 0 aliphatic rings. The summed E-state index contributed by atoms with van der Waals surface area (Å²) in [6, 6.07) is -0.546. The van der Waals surface area contributed by atoms with E-state index in [9.17, 15) is 15.0 Å². The van der Waals surface area contributed by atoms with Gasteiger partial charge in [0.1, 0.15) is 0 Å². The number of allylic oxidation sites excluding steroid dienone is 16. The predicted octanol–water partition coefficient (Wildman–Crippen LogP) is 16.2. The molecule has 0 bridgehead atoms. The first-order chi connectivity index (χ1) is 29.2. The van der Waals surface area contributed by atoms with Crippen LogP contribution in [0.15, 0.2) is 97.2 Å². The van der Waals surface area contributed by atoms with Crippen molar-refractivity contribution in [3.63, 3.8) is 0 Å². The average molecular weight is 818 g/mol. The van der Waals surface area contributed by atoms with Crippen LogP contribution in [0.25, 0.3) is 0 Å². The SMILES string of the molecule is CC/C=C\C/C=C\C/C=C\C/C=C\C/C=C\C/C=C\C/C=C\C/C=C\CCCCCCCCCCC(=O)NC(CO)C(O)CCCCCCCCCCCCCCCC. The minimum absolute atomic E-state index is 0.0440. The van der Waals surface area contributed by atoms with Crippen molar-refractivity contribution in [1.29, 1.82) is 0 Å². The molecule has 338 valence electrons. The van der Waals surface area contributed by atoms with Gasteiger partial charge >= 0.3 is 0 Å². The summed E-state index contributed by atoms with van der Waals surface area (Å²) in [5.41, 5.74) is 0. The Balaban J connectivity index is 3.60. The molecule has 59 heavy (non-hydrogen) atoms. The maximum absolute atomic E-state index is 12.4. The number of aliphatic hydroxyl groups excluding tert-OH is 2. The van der Waals surface area contributed by atoms with Gasteiger partial charge in [-0.1, -0.05) is 239 Å². The summed E-state index contributed by atoms with van der Waals surface area (Å²) in [4.78, 5) is 12.4. The monoisotopic (exact) mass is 818 g/mol. The van der Waals surface area contributed by atoms with Gasteiger partial charge in [0.25, 0.3) is 0 Å². The molecular weight excluding hydrogens is 723 g/mol. The van der Waals surface area contributed by atoms with E-state index in [-0.39, 0.29) is 12.5 Å². The second-order valence-corrected chi connectivity index (χ2v) is 16.5. The lowest BCUT2D eigenvalue weighted by molar-refractivity contribution is -0.123. The lowest BCUT2D eigenvalue weighted by atomic mass is 10.0. The zero-order valence-corrected chi connectivity index (χ0v) is 38.7. The highest BCUT2D eigenvalue weighted by atomic mass is 16.3. The van der Waals surface area contributed by atoms with Crippen LogP contribution in [0, 0.1) is 0 Å². The van der Waals surface area contributed by atoms with Crippen molar-refractivity contribution in [2.45, 2.75) is 238 Å². The van der Waals surface area contributed by atoms with Gasteiger partial charge in [-0.05, 0) is 77.0 Å². The smallest absolute Gasteiger partial charge is 0.220 e. The first-order valence-corrected chi connectivity index (χ1v) is 24.9. The van der Waals surface area contributed by atoms with Gasteiger partial charge in [-0.2, -0.15) is 0 Å². The number of hydrogen-bond acceptors (Lipinski definition) is 3. The topological polar surface area (TPSA) is 69.6 Å². The molecule has 0 aliphatic carbocycles. The highest BCUT2D eigenvalue weighted by Gasteiger charge is 2.20. The number of unbranched alkanes of at least 4 members (excludes halogenated alkanes) is 21. The van der Waals surface area contributed by atoms with E-state index in [0.717, 1.165) is 77.0 Å². The number of rotatable bonds is 44. The third kappa shape index (κ3) is 46.2. The predicted molar refractivity (Wildman–Crippen MR) is 262 cm³/mol. The molecule has 4 heteroatoms. The number of carbonyl (C=O) groups excluding carboxylic acids is 1. The van der Waals surface area contributed by atoms with E-state index < -0.39 is 12.1 Å². The fourth-order valence-corrected chi connectivity index (χ4v) is 7.08. The highest BCUT2D eigenvalue weighted by molar-refractivity contribution is 5.76. The molecule has 1 amide bonds. The maximum Gasteiger partial charge on any atom is 0.220 e. The molecule has 0 aliphatic heterocycles. The first kappa shape index (κ1) is 56.3. The minimum atomic E-state index is -0.668. The van der Waals surface area contributed by atoms with Gasteiger partial charge in [0, 0.05) is 6.42 Å². The van der Waals surface area contributed by atoms with Crippen LogP contribution in [0.1, 0.15) is 226 Å². The Morgan fingerprint density at radius 3 is 1.12 bits per heavy atom. The summed E-state index contributed by atoms with van der Waals surface area (Å²) in [6.07, 6.45) is 73.5. The van der Waals surface area contributed by atoms with Crippen LogP contribution in [-0.4, -0.2) is 34.9 Å². The van der Waals surface area contributed by atoms with Crippen molar-refractivity contribution in [3.05, 3.63) is 97.2 Å². The summed E-state index contributed by atoms with van der Waals surface area (Å²) in [6.45, 7) is 4.23. The van der Waals surface area contributed by atoms with E-state index in [1.807, 2.05) is 0 Å². The van der Waals surface area contributed by atoms with Gasteiger partial charge in [-0.15, -0.1) is 0 Å². The van der Waals surface area contributed by atoms with Crippen LogP contribution in [0.4, 0.5) is 0 Å². The zero-order valence-electron chi connectivity index (χ0n) is 38.7. The zero-order chi connectivity index (χ0) is 42.8. The normalized spacial score (nSPS) is 13.8. The van der Waals surface area contributed by atoms with Crippen molar-refractivity contribution in [2.75, 3.05) is 6.61 Å². The molecule has 3 N–H and O–H groups in total. The lowest BCUT2D eigenvalue weighted by Crippen LogP contribution is -2.45. The molecule has 2 atom stereocenters. The number of hydrogen-bond donors (Lipinski definition) is 3. The summed E-state index contributed by atoms with van der Waals surface area (Å²) in [5.74, 6) is -0.0440. The van der Waals surface area contributed by atoms with Gasteiger partial charge in [0.15, 0.2) is 0 Å². The quantitative estimate of drug-likeness (QED) is 0.0424. The van der Waals surface area contributed by atoms with Crippen LogP contribution in [0.3, 0.4) is 0 Å². The molecule has 0 saturated heterocycles. The van der Waals surface area contributed by atoms with E-state index in [2.05, 4.69) is 116 Å². The Kier molecular flexibility index (Phi) is 47.4. The molecule has 2 unspecified atom stereocenters. The molecule has 0 aromatic carbocycles. The Morgan fingerprint density at radius 2 is 0.746 bits per heavy atom. The van der Waals surface area contributed by atoms with Crippen molar-refractivity contribution in [3.8, 4) is 0 Å². The van der Waals surface area contributed by atoms with Crippen molar-refractivity contribution < 1.29 is 15.0 Å². The van der Waals surface area contributed by atoms with Crippen LogP contribution in [-0.2, 0) is 4.79 Å². The van der Waals surface area contributed by atoms with Crippen LogP contribution in [0.5, 0.6) is 0 Å². The van der Waals surface area contributed by atoms with E-state index >= 15 is 0 Å². The Labute approximate surface area is 366 Å². The van der Waals surface area contributed by atoms with E-state index in [4.69, 9.17) is 0 Å². The molecule has 4 nitrogen and oxygen atoms in total. The fourth-order valence-electron chi connectivity index (χ4n) is 7.08. The Morgan fingerprint density at radius 1 is 0.424 bits per heavy atom. The molecule has 0 spiro atoms. The number of amides is 1. The van der Waals surface area contributed by atoms with Crippen molar-refractivity contribution in [2.24, 2.45) is 0 Å². The third-order valence-corrected chi connectivity index (χ3v) is 10.9. The molecule has 0 radical (unpaired) electrons. The molecule has 0 heterocycles. The van der Waals surface area contributed by atoms with Gasteiger partial charge in [-0.25, -0.2) is 0 Å². The summed E-state index contributed by atoms with van der Waals surface area (Å²) in [7, 11) is 0. The molecular formula is C55H95NO3. The van der Waals surface area contributed by atoms with Crippen LogP contribution in [0.2, 0.25) is 0 Å². The van der Waals surface area contributed by atoms with Gasteiger partial charge in [0.05, 0.1) is 18.8 Å². The molecule has 0 aromatic heterocycles. The fraction of sp³-hybridized carbons (Fsp3) is 0.691. The maximum atomic E-state index is 12.4. The van der Waals surface area contributed by atoms with Gasteiger partial charge in [0.2, 0.25) is 5.91 Å². The molecule has 0 saturated carbocycles. The average Bonchev–Trinajstić information content (AvgIpc) is 3.24. The Hall–Kier alpha value is -2.69. The molecule has 0 rings (SSSR count). The summed E-state index contributed by atoms with van der Waals surface area (Å²) in [5, 5.41) is 23.2. The van der Waals surface area contributed by atoms with Crippen molar-refractivity contribution >= 4 is 5.91 Å². The highest BCUT2D eigenvalue weighted by Crippen LogP contribution is 2.15. The van der Waals surface area contributed by atoms with Gasteiger partial charge < -0.3 is 15.5 Å². The van der Waals surface area contributed by atoms with Crippen LogP contribution < -0.4 is 5.32 Å². The number of nitrogens with one attached hydrogen (secondary N) is 1.